The van der Waals surface area contributed by atoms with Crippen LogP contribution in [0.3, 0.4) is 0 Å². The first-order valence-electron chi connectivity index (χ1n) is 9.89. The summed E-state index contributed by atoms with van der Waals surface area (Å²) in [6.07, 6.45) is 0.925. The third kappa shape index (κ3) is 6.82. The van der Waals surface area contributed by atoms with E-state index in [1.165, 1.54) is 0 Å². The van der Waals surface area contributed by atoms with E-state index in [1.54, 1.807) is 24.3 Å². The number of aryl methyl sites for hydroxylation is 1. The van der Waals surface area contributed by atoms with Crippen LogP contribution in [0.4, 0.5) is 0 Å². The Bertz CT molecular complexity index is 849. The molecule has 6 heteroatoms. The van der Waals surface area contributed by atoms with Crippen LogP contribution >= 0.6 is 0 Å². The minimum atomic E-state index is -0.443. The molecule has 0 saturated heterocycles. The zero-order chi connectivity index (χ0) is 21.4. The quantitative estimate of drug-likeness (QED) is 0.656. The van der Waals surface area contributed by atoms with Gasteiger partial charge in [0.25, 0.3) is 11.8 Å². The molecule has 0 aliphatic rings. The molecule has 1 atom stereocenters. The van der Waals surface area contributed by atoms with E-state index in [9.17, 15) is 9.59 Å². The molecule has 2 N–H and O–H groups in total. The van der Waals surface area contributed by atoms with E-state index in [-0.39, 0.29) is 18.6 Å². The molecule has 2 aromatic rings. The third-order valence-corrected chi connectivity index (χ3v) is 4.47. The Hall–Kier alpha value is -3.02. The van der Waals surface area contributed by atoms with Crippen LogP contribution in [0.25, 0.3) is 0 Å². The van der Waals surface area contributed by atoms with Crippen molar-refractivity contribution in [3.8, 4) is 11.5 Å². The van der Waals surface area contributed by atoms with Gasteiger partial charge in [0.2, 0.25) is 0 Å². The van der Waals surface area contributed by atoms with Crippen molar-refractivity contribution in [2.45, 2.75) is 53.1 Å². The first-order valence-corrected chi connectivity index (χ1v) is 9.89. The van der Waals surface area contributed by atoms with E-state index in [1.807, 2.05) is 39.0 Å². The molecule has 29 heavy (non-hydrogen) atoms. The maximum absolute atomic E-state index is 12.3. The van der Waals surface area contributed by atoms with E-state index < -0.39 is 11.8 Å². The number of hydrogen-bond donors (Lipinski definition) is 2. The second-order valence-electron chi connectivity index (χ2n) is 7.35. The van der Waals surface area contributed by atoms with E-state index in [4.69, 9.17) is 9.47 Å². The highest BCUT2D eigenvalue weighted by Crippen LogP contribution is 2.27. The van der Waals surface area contributed by atoms with Gasteiger partial charge in [-0.15, -0.1) is 0 Å². The summed E-state index contributed by atoms with van der Waals surface area (Å²) in [6, 6.07) is 12.8. The van der Waals surface area contributed by atoms with Crippen LogP contribution in [-0.2, 0) is 4.79 Å². The highest BCUT2D eigenvalue weighted by Gasteiger charge is 2.12. The van der Waals surface area contributed by atoms with Gasteiger partial charge in [0.05, 0.1) is 6.10 Å². The van der Waals surface area contributed by atoms with Crippen LogP contribution in [0.15, 0.2) is 42.5 Å². The minimum absolute atomic E-state index is 0.0579. The predicted molar refractivity (Wildman–Crippen MR) is 113 cm³/mol. The number of carbonyl (C=O) groups excluding carboxylic acids is 2. The van der Waals surface area contributed by atoms with Gasteiger partial charge in [-0.3, -0.25) is 20.4 Å². The Balaban J connectivity index is 1.89. The van der Waals surface area contributed by atoms with Gasteiger partial charge in [-0.2, -0.15) is 0 Å². The summed E-state index contributed by atoms with van der Waals surface area (Å²) in [4.78, 5) is 24.4. The number of hydrazine groups is 1. The number of rotatable bonds is 8. The fourth-order valence-electron chi connectivity index (χ4n) is 2.65. The minimum Gasteiger partial charge on any atom is -0.491 e. The Morgan fingerprint density at radius 3 is 2.48 bits per heavy atom. The summed E-state index contributed by atoms with van der Waals surface area (Å²) in [6.45, 7) is 9.90. The van der Waals surface area contributed by atoms with Crippen LogP contribution in [0.5, 0.6) is 11.5 Å². The fourth-order valence-corrected chi connectivity index (χ4v) is 2.65. The first kappa shape index (κ1) is 22.3. The molecule has 6 nitrogen and oxygen atoms in total. The van der Waals surface area contributed by atoms with Crippen LogP contribution in [0.2, 0.25) is 0 Å². The Labute approximate surface area is 172 Å². The van der Waals surface area contributed by atoms with E-state index in [0.717, 1.165) is 17.5 Å². The molecular weight excluding hydrogens is 368 g/mol. The molecule has 0 aromatic heterocycles. The van der Waals surface area contributed by atoms with Gasteiger partial charge >= 0.3 is 0 Å². The number of amides is 2. The monoisotopic (exact) mass is 398 g/mol. The number of benzene rings is 2. The Morgan fingerprint density at radius 2 is 1.79 bits per heavy atom. The highest BCUT2D eigenvalue weighted by molar-refractivity contribution is 5.95. The van der Waals surface area contributed by atoms with Crippen molar-refractivity contribution in [1.29, 1.82) is 0 Å². The maximum atomic E-state index is 12.3. The van der Waals surface area contributed by atoms with E-state index in [2.05, 4.69) is 24.7 Å². The summed E-state index contributed by atoms with van der Waals surface area (Å²) >= 11 is 0. The molecule has 0 heterocycles. The van der Waals surface area contributed by atoms with Gasteiger partial charge in [-0.25, -0.2) is 0 Å². The smallest absolute Gasteiger partial charge is 0.276 e. The molecule has 2 amide bonds. The molecule has 0 aliphatic heterocycles. The second-order valence-corrected chi connectivity index (χ2v) is 7.35. The topological polar surface area (TPSA) is 76.7 Å². The Kier molecular flexibility index (Phi) is 8.07. The first-order chi connectivity index (χ1) is 13.8. The molecule has 0 radical (unpaired) electrons. The van der Waals surface area contributed by atoms with Crippen LogP contribution < -0.4 is 20.3 Å². The average molecular weight is 399 g/mol. The molecule has 1 unspecified atom stereocenters. The van der Waals surface area contributed by atoms with Crippen molar-refractivity contribution >= 4 is 11.8 Å². The number of ether oxygens (including phenoxy) is 2. The number of hydrogen-bond acceptors (Lipinski definition) is 4. The summed E-state index contributed by atoms with van der Waals surface area (Å²) < 4.78 is 11.4. The molecule has 0 aliphatic carbocycles. The van der Waals surface area contributed by atoms with Gasteiger partial charge in [-0.05, 0) is 61.6 Å². The average Bonchev–Trinajstić information content (AvgIpc) is 2.70. The second kappa shape index (κ2) is 10.5. The largest absolute Gasteiger partial charge is 0.491 e. The summed E-state index contributed by atoms with van der Waals surface area (Å²) in [5, 5.41) is 0. The molecule has 156 valence electrons. The fraction of sp³-hybridized carbons (Fsp3) is 0.391. The lowest BCUT2D eigenvalue weighted by molar-refractivity contribution is -0.123. The molecule has 0 bridgehead atoms. The van der Waals surface area contributed by atoms with E-state index >= 15 is 0 Å². The van der Waals surface area contributed by atoms with Crippen LogP contribution in [0.1, 0.15) is 61.5 Å². The maximum Gasteiger partial charge on any atom is 0.276 e. The van der Waals surface area contributed by atoms with Gasteiger partial charge in [0.15, 0.2) is 6.61 Å². The zero-order valence-corrected chi connectivity index (χ0v) is 17.7. The summed E-state index contributed by atoms with van der Waals surface area (Å²) in [5.41, 5.74) is 7.27. The highest BCUT2D eigenvalue weighted by atomic mass is 16.5. The normalized spacial score (nSPS) is 11.7. The summed E-state index contributed by atoms with van der Waals surface area (Å²) in [7, 11) is 0. The Morgan fingerprint density at radius 1 is 1.03 bits per heavy atom. The van der Waals surface area contributed by atoms with Crippen molar-refractivity contribution in [1.82, 2.24) is 10.9 Å². The van der Waals surface area contributed by atoms with Crippen LogP contribution in [-0.4, -0.2) is 24.5 Å². The van der Waals surface area contributed by atoms with E-state index in [0.29, 0.717) is 17.1 Å². The predicted octanol–water partition coefficient (Wildman–Crippen LogP) is 4.14. The lowest BCUT2D eigenvalue weighted by Crippen LogP contribution is -2.43. The van der Waals surface area contributed by atoms with Gasteiger partial charge in [-0.1, -0.05) is 39.0 Å². The molecule has 0 saturated carbocycles. The van der Waals surface area contributed by atoms with Crippen molar-refractivity contribution in [2.24, 2.45) is 0 Å². The van der Waals surface area contributed by atoms with Gasteiger partial charge in [0, 0.05) is 5.56 Å². The zero-order valence-electron chi connectivity index (χ0n) is 17.7. The molecule has 2 aromatic carbocycles. The van der Waals surface area contributed by atoms with Crippen molar-refractivity contribution in [2.75, 3.05) is 6.61 Å². The number of carbonyl (C=O) groups is 2. The van der Waals surface area contributed by atoms with Crippen LogP contribution in [0, 0.1) is 6.92 Å². The molecule has 0 spiro atoms. The summed E-state index contributed by atoms with van der Waals surface area (Å²) in [5.74, 6) is 0.699. The van der Waals surface area contributed by atoms with Crippen molar-refractivity contribution in [3.05, 3.63) is 59.2 Å². The van der Waals surface area contributed by atoms with Gasteiger partial charge < -0.3 is 9.47 Å². The SMILES string of the molecule is CCC(C)Oc1cccc(C(=O)NNC(=O)COc2cc(C)ccc2C(C)C)c1. The van der Waals surface area contributed by atoms with Gasteiger partial charge in [0.1, 0.15) is 11.5 Å². The molecule has 2 rings (SSSR count). The lowest BCUT2D eigenvalue weighted by Gasteiger charge is -2.15. The standard InChI is InChI=1S/C23H30N2O4/c1-6-17(5)29-19-9-7-8-18(13-19)23(27)25-24-22(26)14-28-21-12-16(4)10-11-20(21)15(2)3/h7-13,15,17H,6,14H2,1-5H3,(H,24,26)(H,25,27). The molecule has 0 fully saturated rings. The molecular formula is C23H30N2O4. The van der Waals surface area contributed by atoms with Crippen molar-refractivity contribution < 1.29 is 19.1 Å². The number of nitrogens with one attached hydrogen (secondary N) is 2. The third-order valence-electron chi connectivity index (χ3n) is 4.47. The lowest BCUT2D eigenvalue weighted by atomic mass is 10.0. The van der Waals surface area contributed by atoms with Crippen molar-refractivity contribution in [3.63, 3.8) is 0 Å².